The minimum Gasteiger partial charge on any atom is -0.490 e. The van der Waals surface area contributed by atoms with Gasteiger partial charge in [-0.1, -0.05) is 37.4 Å². The molecule has 0 aromatic heterocycles. The second-order valence-electron chi connectivity index (χ2n) is 12.6. The third-order valence-corrected chi connectivity index (χ3v) is 11.7. The highest BCUT2D eigenvalue weighted by atomic mass is 35.5. The van der Waals surface area contributed by atoms with Crippen molar-refractivity contribution in [1.29, 1.82) is 0 Å². The van der Waals surface area contributed by atoms with Crippen LogP contribution in [0.25, 0.3) is 0 Å². The first kappa shape index (κ1) is 27.9. The number of aryl methyl sites for hydroxylation is 1. The Kier molecular flexibility index (Phi) is 7.33. The van der Waals surface area contributed by atoms with Crippen molar-refractivity contribution >= 4 is 33.2 Å². The third kappa shape index (κ3) is 5.12. The van der Waals surface area contributed by atoms with Gasteiger partial charge in [0.05, 0.1) is 24.2 Å². The van der Waals surface area contributed by atoms with E-state index in [0.29, 0.717) is 49.6 Å². The fraction of sp³-hybridized carbons (Fsp3) is 0.581. The number of sulfonamides is 1. The Morgan fingerprint density at radius 2 is 1.93 bits per heavy atom. The number of halogens is 1. The summed E-state index contributed by atoms with van der Waals surface area (Å²) in [6, 6.07) is 11.4. The molecular formula is C31H39ClN2O5S. The average molecular weight is 587 g/mol. The Morgan fingerprint density at radius 3 is 2.73 bits per heavy atom. The van der Waals surface area contributed by atoms with Crippen molar-refractivity contribution in [3.63, 3.8) is 0 Å². The summed E-state index contributed by atoms with van der Waals surface area (Å²) < 4.78 is 34.1. The molecule has 1 saturated carbocycles. The molecule has 2 bridgehead atoms. The largest absolute Gasteiger partial charge is 0.490 e. The summed E-state index contributed by atoms with van der Waals surface area (Å²) >= 11 is 6.38. The molecule has 9 heteroatoms. The molecule has 4 atom stereocenters. The zero-order valence-electron chi connectivity index (χ0n) is 23.1. The van der Waals surface area contributed by atoms with Crippen molar-refractivity contribution in [3.05, 3.63) is 58.1 Å². The van der Waals surface area contributed by atoms with Gasteiger partial charge in [0.1, 0.15) is 5.75 Å². The molecule has 6 rings (SSSR count). The number of ether oxygens (including phenoxy) is 1. The first-order chi connectivity index (χ1) is 19.1. The lowest BCUT2D eigenvalue weighted by Crippen LogP contribution is -2.54. The van der Waals surface area contributed by atoms with Crippen molar-refractivity contribution in [2.24, 2.45) is 11.3 Å². The Morgan fingerprint density at radius 1 is 1.07 bits per heavy atom. The van der Waals surface area contributed by atoms with E-state index in [1.807, 2.05) is 6.07 Å². The number of amides is 1. The van der Waals surface area contributed by atoms with Gasteiger partial charge >= 0.3 is 0 Å². The number of fused-ring (bicyclic) bond motifs is 4. The highest BCUT2D eigenvalue weighted by Crippen LogP contribution is 2.52. The molecule has 2 aromatic carbocycles. The van der Waals surface area contributed by atoms with Gasteiger partial charge in [-0.05, 0) is 97.7 Å². The Labute approximate surface area is 242 Å². The number of nitrogens with zero attached hydrogens (tertiary/aromatic N) is 1. The zero-order chi connectivity index (χ0) is 28.1. The van der Waals surface area contributed by atoms with Crippen LogP contribution in [0, 0.1) is 11.3 Å². The maximum absolute atomic E-state index is 13.1. The smallest absolute Gasteiger partial charge is 0.264 e. The first-order valence-corrected chi connectivity index (χ1v) is 16.7. The SMILES string of the molecule is C[C@]12CC[C@@H]1CN1C[C@@]3(CCCc4cc(Cl)ccc43)COc3ccc(cc31)C(=O)NS(=O)(=O)CCCCC[C@H]2O. The summed E-state index contributed by atoms with van der Waals surface area (Å²) in [5.41, 5.74) is 3.18. The molecule has 0 saturated heterocycles. The van der Waals surface area contributed by atoms with Crippen molar-refractivity contribution in [1.82, 2.24) is 4.72 Å². The van der Waals surface area contributed by atoms with Gasteiger partial charge in [-0.15, -0.1) is 0 Å². The van der Waals surface area contributed by atoms with Crippen LogP contribution < -0.4 is 14.4 Å². The van der Waals surface area contributed by atoms with E-state index in [4.69, 9.17) is 16.3 Å². The summed E-state index contributed by atoms with van der Waals surface area (Å²) in [5, 5.41) is 12.0. The molecule has 2 aliphatic heterocycles. The van der Waals surface area contributed by atoms with Gasteiger partial charge in [0.25, 0.3) is 5.91 Å². The maximum Gasteiger partial charge on any atom is 0.264 e. The lowest BCUT2D eigenvalue weighted by Gasteiger charge is -2.53. The number of rotatable bonds is 0. The van der Waals surface area contributed by atoms with Crippen LogP contribution in [0.2, 0.25) is 5.02 Å². The van der Waals surface area contributed by atoms with Crippen LogP contribution >= 0.6 is 11.6 Å². The van der Waals surface area contributed by atoms with E-state index in [-0.39, 0.29) is 16.6 Å². The molecule has 7 nitrogen and oxygen atoms in total. The van der Waals surface area contributed by atoms with Crippen molar-refractivity contribution in [3.8, 4) is 5.75 Å². The summed E-state index contributed by atoms with van der Waals surface area (Å²) in [7, 11) is -3.76. The Hall–Kier alpha value is -2.29. The van der Waals surface area contributed by atoms with Crippen LogP contribution in [-0.2, 0) is 21.9 Å². The van der Waals surface area contributed by atoms with Gasteiger partial charge in [-0.3, -0.25) is 4.79 Å². The summed E-state index contributed by atoms with van der Waals surface area (Å²) in [6.07, 6.45) is 7.13. The number of hydrogen-bond acceptors (Lipinski definition) is 6. The molecule has 2 aliphatic carbocycles. The van der Waals surface area contributed by atoms with Crippen molar-refractivity contribution in [2.45, 2.75) is 76.2 Å². The molecular weight excluding hydrogens is 548 g/mol. The molecule has 216 valence electrons. The summed E-state index contributed by atoms with van der Waals surface area (Å²) in [4.78, 5) is 15.5. The Balaban J connectivity index is 1.42. The fourth-order valence-corrected chi connectivity index (χ4v) is 8.73. The molecule has 2 aromatic rings. The van der Waals surface area contributed by atoms with Crippen LogP contribution in [0.5, 0.6) is 5.75 Å². The monoisotopic (exact) mass is 586 g/mol. The van der Waals surface area contributed by atoms with E-state index >= 15 is 0 Å². The first-order valence-electron chi connectivity index (χ1n) is 14.6. The van der Waals surface area contributed by atoms with E-state index in [1.54, 1.807) is 18.2 Å². The second-order valence-corrected chi connectivity index (χ2v) is 14.9. The van der Waals surface area contributed by atoms with Crippen LogP contribution in [0.15, 0.2) is 36.4 Å². The second kappa shape index (κ2) is 10.5. The predicted molar refractivity (Wildman–Crippen MR) is 157 cm³/mol. The number of carbonyl (C=O) groups is 1. The molecule has 1 amide bonds. The lowest BCUT2D eigenvalue weighted by molar-refractivity contribution is -0.0757. The minimum atomic E-state index is -3.76. The number of benzene rings is 2. The minimum absolute atomic E-state index is 0.110. The van der Waals surface area contributed by atoms with Crippen molar-refractivity contribution in [2.75, 3.05) is 30.3 Å². The average Bonchev–Trinajstić information content (AvgIpc) is 3.06. The normalized spacial score (nSPS) is 32.1. The molecule has 0 radical (unpaired) electrons. The molecule has 40 heavy (non-hydrogen) atoms. The number of nitrogens with one attached hydrogen (secondary N) is 1. The summed E-state index contributed by atoms with van der Waals surface area (Å²) in [5.74, 6) is 0.265. The van der Waals surface area contributed by atoms with Gasteiger partial charge in [0.15, 0.2) is 0 Å². The van der Waals surface area contributed by atoms with E-state index in [0.717, 1.165) is 55.8 Å². The van der Waals surface area contributed by atoms with Gasteiger partial charge in [0.2, 0.25) is 10.0 Å². The predicted octanol–water partition coefficient (Wildman–Crippen LogP) is 5.22. The van der Waals surface area contributed by atoms with Crippen LogP contribution in [-0.4, -0.2) is 51.0 Å². The van der Waals surface area contributed by atoms with Gasteiger partial charge < -0.3 is 14.7 Å². The molecule has 0 unspecified atom stereocenters. The highest BCUT2D eigenvalue weighted by molar-refractivity contribution is 7.90. The fourth-order valence-electron chi connectivity index (χ4n) is 7.45. The van der Waals surface area contributed by atoms with E-state index < -0.39 is 22.0 Å². The van der Waals surface area contributed by atoms with E-state index in [1.165, 1.54) is 11.1 Å². The topological polar surface area (TPSA) is 95.9 Å². The molecule has 2 N–H and O–H groups in total. The Bertz CT molecular complexity index is 1410. The van der Waals surface area contributed by atoms with E-state index in [9.17, 15) is 18.3 Å². The molecule has 1 fully saturated rings. The maximum atomic E-state index is 13.1. The highest BCUT2D eigenvalue weighted by Gasteiger charge is 2.49. The summed E-state index contributed by atoms with van der Waals surface area (Å²) in [6.45, 7) is 4.15. The van der Waals surface area contributed by atoms with Gasteiger partial charge in [-0.2, -0.15) is 0 Å². The van der Waals surface area contributed by atoms with Gasteiger partial charge in [0, 0.05) is 29.1 Å². The number of anilines is 1. The number of aliphatic hydroxyl groups excluding tert-OH is 1. The van der Waals surface area contributed by atoms with Gasteiger partial charge in [-0.25, -0.2) is 13.1 Å². The van der Waals surface area contributed by atoms with Crippen LogP contribution in [0.4, 0.5) is 5.69 Å². The number of aliphatic hydroxyl groups is 1. The van der Waals surface area contributed by atoms with Crippen LogP contribution in [0.1, 0.15) is 79.8 Å². The van der Waals surface area contributed by atoms with Crippen LogP contribution in [0.3, 0.4) is 0 Å². The molecule has 2 heterocycles. The molecule has 4 aliphatic rings. The van der Waals surface area contributed by atoms with E-state index in [2.05, 4.69) is 28.7 Å². The number of hydrogen-bond donors (Lipinski definition) is 2. The lowest BCUT2D eigenvalue weighted by atomic mass is 9.57. The molecule has 1 spiro atoms. The third-order valence-electron chi connectivity index (χ3n) is 10.1. The quantitative estimate of drug-likeness (QED) is 0.439. The standard InChI is InChI=1S/C31H39ClN2O5S/c1-30-14-12-23(30)18-34-19-31(13-5-6-21-16-24(32)9-10-25(21)31)20-39-27-11-8-22(17-26(27)34)29(36)33-40(37,38)15-4-2-3-7-28(30)35/h8-11,16-17,23,28,35H,2-7,12-15,18-20H2,1H3,(H,33,36)/t23-,28-,30+,31+/m1/s1. The zero-order valence-corrected chi connectivity index (χ0v) is 24.7. The number of carbonyl (C=O) groups excluding carboxylic acids is 1. The van der Waals surface area contributed by atoms with Crippen molar-refractivity contribution < 1.29 is 23.1 Å².